The minimum Gasteiger partial charge on any atom is -0.280 e. The van der Waals surface area contributed by atoms with Gasteiger partial charge in [-0.1, -0.05) is 27.5 Å². The summed E-state index contributed by atoms with van der Waals surface area (Å²) in [6.45, 7) is 0. The lowest BCUT2D eigenvalue weighted by Crippen LogP contribution is -2.12. The highest BCUT2D eigenvalue weighted by molar-refractivity contribution is 9.10. The fourth-order valence-corrected chi connectivity index (χ4v) is 3.37. The molecule has 0 aromatic heterocycles. The van der Waals surface area contributed by atoms with Crippen LogP contribution < -0.4 is 4.72 Å². The zero-order chi connectivity index (χ0) is 14.0. The van der Waals surface area contributed by atoms with Crippen LogP contribution in [0.5, 0.6) is 0 Å². The zero-order valence-electron chi connectivity index (χ0n) is 9.40. The van der Waals surface area contributed by atoms with Gasteiger partial charge < -0.3 is 0 Å². The van der Waals surface area contributed by atoms with Crippen molar-refractivity contribution < 1.29 is 8.42 Å². The van der Waals surface area contributed by atoms with Crippen LogP contribution in [-0.4, -0.2) is 8.42 Å². The van der Waals surface area contributed by atoms with E-state index in [1.54, 1.807) is 24.3 Å². The van der Waals surface area contributed by atoms with E-state index in [0.29, 0.717) is 15.2 Å². The molecule has 2 aromatic rings. The van der Waals surface area contributed by atoms with Gasteiger partial charge in [0.05, 0.1) is 9.92 Å². The molecule has 2 aromatic carbocycles. The highest BCUT2D eigenvalue weighted by Gasteiger charge is 2.15. The van der Waals surface area contributed by atoms with Crippen LogP contribution in [0.2, 0.25) is 5.02 Å². The topological polar surface area (TPSA) is 46.2 Å². The van der Waals surface area contributed by atoms with Gasteiger partial charge in [0, 0.05) is 14.6 Å². The quantitative estimate of drug-likeness (QED) is 0.777. The Morgan fingerprint density at radius 2 is 1.63 bits per heavy atom. The summed E-state index contributed by atoms with van der Waals surface area (Å²) in [6.07, 6.45) is 0. The average Bonchev–Trinajstić information content (AvgIpc) is 2.35. The molecule has 0 amide bonds. The summed E-state index contributed by atoms with van der Waals surface area (Å²) in [6, 6.07) is 11.3. The Hall–Kier alpha value is -0.560. The van der Waals surface area contributed by atoms with Crippen molar-refractivity contribution in [2.75, 3.05) is 4.72 Å². The van der Waals surface area contributed by atoms with Gasteiger partial charge in [-0.15, -0.1) is 0 Å². The monoisotopic (exact) mass is 423 g/mol. The van der Waals surface area contributed by atoms with Gasteiger partial charge in [-0.25, -0.2) is 8.42 Å². The maximum atomic E-state index is 12.2. The Bertz CT molecular complexity index is 702. The minimum atomic E-state index is -3.62. The molecule has 2 rings (SSSR count). The van der Waals surface area contributed by atoms with E-state index >= 15 is 0 Å². The molecule has 1 N–H and O–H groups in total. The van der Waals surface area contributed by atoms with Crippen molar-refractivity contribution in [2.24, 2.45) is 0 Å². The van der Waals surface area contributed by atoms with Gasteiger partial charge in [0.25, 0.3) is 10.0 Å². The van der Waals surface area contributed by atoms with Crippen LogP contribution in [0.15, 0.2) is 56.3 Å². The van der Waals surface area contributed by atoms with Crippen molar-refractivity contribution in [2.45, 2.75) is 4.90 Å². The molecule has 0 bridgehead atoms. The number of benzene rings is 2. The van der Waals surface area contributed by atoms with Crippen LogP contribution in [0, 0.1) is 0 Å². The number of sulfonamides is 1. The molecule has 0 radical (unpaired) electrons. The lowest BCUT2D eigenvalue weighted by atomic mass is 10.3. The van der Waals surface area contributed by atoms with Gasteiger partial charge >= 0.3 is 0 Å². The number of nitrogens with one attached hydrogen (secondary N) is 1. The van der Waals surface area contributed by atoms with Crippen LogP contribution in [0.25, 0.3) is 0 Å². The second-order valence-electron chi connectivity index (χ2n) is 3.69. The summed E-state index contributed by atoms with van der Waals surface area (Å²) in [7, 11) is -3.62. The molecule has 0 aliphatic rings. The number of halogens is 3. The molecular weight excluding hydrogens is 417 g/mol. The summed E-state index contributed by atoms with van der Waals surface area (Å²) in [4.78, 5) is 0.145. The lowest BCUT2D eigenvalue weighted by molar-refractivity contribution is 0.601. The summed E-state index contributed by atoms with van der Waals surface area (Å²) >= 11 is 12.3. The molecule has 100 valence electrons. The third-order valence-corrected chi connectivity index (χ3v) is 5.42. The van der Waals surface area contributed by atoms with Crippen LogP contribution in [0.1, 0.15) is 0 Å². The predicted molar refractivity (Wildman–Crippen MR) is 84.1 cm³/mol. The van der Waals surface area contributed by atoms with Crippen molar-refractivity contribution in [3.63, 3.8) is 0 Å². The van der Waals surface area contributed by atoms with Crippen molar-refractivity contribution in [3.05, 3.63) is 56.4 Å². The molecule has 0 unspecified atom stereocenters. The molecule has 0 atom stereocenters. The van der Waals surface area contributed by atoms with Crippen molar-refractivity contribution >= 4 is 59.2 Å². The molecule has 0 saturated carbocycles. The van der Waals surface area contributed by atoms with E-state index < -0.39 is 10.0 Å². The Balaban J connectivity index is 2.32. The second-order valence-corrected chi connectivity index (χ2v) is 7.55. The first-order valence-electron chi connectivity index (χ1n) is 5.12. The van der Waals surface area contributed by atoms with Crippen molar-refractivity contribution in [3.8, 4) is 0 Å². The third kappa shape index (κ3) is 3.72. The number of hydrogen-bond donors (Lipinski definition) is 1. The first kappa shape index (κ1) is 14.8. The van der Waals surface area contributed by atoms with E-state index in [9.17, 15) is 8.42 Å². The summed E-state index contributed by atoms with van der Waals surface area (Å²) < 4.78 is 28.2. The largest absolute Gasteiger partial charge is 0.280 e. The van der Waals surface area contributed by atoms with Gasteiger partial charge in [0.2, 0.25) is 0 Å². The van der Waals surface area contributed by atoms with E-state index in [1.807, 2.05) is 0 Å². The van der Waals surface area contributed by atoms with Crippen LogP contribution in [0.3, 0.4) is 0 Å². The fraction of sp³-hybridized carbons (Fsp3) is 0. The Morgan fingerprint density at radius 3 is 2.21 bits per heavy atom. The maximum Gasteiger partial charge on any atom is 0.261 e. The maximum absolute atomic E-state index is 12.2. The first-order valence-corrected chi connectivity index (χ1v) is 8.57. The Kier molecular flexibility index (Phi) is 4.55. The number of hydrogen-bond acceptors (Lipinski definition) is 2. The fourth-order valence-electron chi connectivity index (χ4n) is 1.38. The Labute approximate surface area is 133 Å². The van der Waals surface area contributed by atoms with Crippen molar-refractivity contribution in [1.82, 2.24) is 0 Å². The van der Waals surface area contributed by atoms with Crippen molar-refractivity contribution in [1.29, 1.82) is 0 Å². The van der Waals surface area contributed by atoms with Gasteiger partial charge in [-0.2, -0.15) is 0 Å². The first-order chi connectivity index (χ1) is 8.88. The normalized spacial score (nSPS) is 11.3. The SMILES string of the molecule is O=S(=O)(Nc1ccc(Br)cc1)c1ccc(Cl)c(Br)c1. The molecule has 0 heterocycles. The van der Waals surface area contributed by atoms with E-state index in [-0.39, 0.29) is 4.90 Å². The van der Waals surface area contributed by atoms with E-state index in [0.717, 1.165) is 4.47 Å². The van der Waals surface area contributed by atoms with E-state index in [4.69, 9.17) is 11.6 Å². The Morgan fingerprint density at radius 1 is 1.00 bits per heavy atom. The molecule has 0 aliphatic carbocycles. The number of rotatable bonds is 3. The van der Waals surface area contributed by atoms with Crippen LogP contribution in [0.4, 0.5) is 5.69 Å². The van der Waals surface area contributed by atoms with Gasteiger partial charge in [-0.3, -0.25) is 4.72 Å². The van der Waals surface area contributed by atoms with E-state index in [2.05, 4.69) is 36.6 Å². The highest BCUT2D eigenvalue weighted by atomic mass is 79.9. The molecule has 19 heavy (non-hydrogen) atoms. The third-order valence-electron chi connectivity index (χ3n) is 2.30. The minimum absolute atomic E-state index is 0.145. The molecule has 7 heteroatoms. The molecule has 0 spiro atoms. The van der Waals surface area contributed by atoms with Crippen LogP contribution in [-0.2, 0) is 10.0 Å². The number of anilines is 1. The average molecular weight is 426 g/mol. The standard InChI is InChI=1S/C12H8Br2ClNO2S/c13-8-1-3-9(4-2-8)16-19(17,18)10-5-6-12(15)11(14)7-10/h1-7,16H. The second kappa shape index (κ2) is 5.83. The molecule has 0 saturated heterocycles. The summed E-state index contributed by atoms with van der Waals surface area (Å²) in [5.74, 6) is 0. The molecule has 0 fully saturated rings. The van der Waals surface area contributed by atoms with Crippen LogP contribution >= 0.6 is 43.5 Å². The lowest BCUT2D eigenvalue weighted by Gasteiger charge is -2.09. The summed E-state index contributed by atoms with van der Waals surface area (Å²) in [5.41, 5.74) is 0.495. The van der Waals surface area contributed by atoms with E-state index in [1.165, 1.54) is 18.2 Å². The van der Waals surface area contributed by atoms with Gasteiger partial charge in [0.1, 0.15) is 0 Å². The molecule has 0 aliphatic heterocycles. The predicted octanol–water partition coefficient (Wildman–Crippen LogP) is 4.67. The molecule has 3 nitrogen and oxygen atoms in total. The summed E-state index contributed by atoms with van der Waals surface area (Å²) in [5, 5.41) is 0.461. The zero-order valence-corrected chi connectivity index (χ0v) is 14.1. The van der Waals surface area contributed by atoms with Gasteiger partial charge in [-0.05, 0) is 58.4 Å². The molecular formula is C12H8Br2ClNO2S. The van der Waals surface area contributed by atoms with Gasteiger partial charge in [0.15, 0.2) is 0 Å². The smallest absolute Gasteiger partial charge is 0.261 e. The highest BCUT2D eigenvalue weighted by Crippen LogP contribution is 2.26.